The van der Waals surface area contributed by atoms with Gasteiger partial charge in [0.2, 0.25) is 0 Å². The van der Waals surface area contributed by atoms with Gasteiger partial charge in [0.1, 0.15) is 6.10 Å². The molecule has 0 aliphatic rings. The van der Waals surface area contributed by atoms with Gasteiger partial charge in [0.05, 0.1) is 18.2 Å². The highest BCUT2D eigenvalue weighted by Crippen LogP contribution is 2.34. The minimum atomic E-state index is -0.558. The molecule has 1 N–H and O–H groups in total. The van der Waals surface area contributed by atoms with Crippen LogP contribution in [0.1, 0.15) is 13.8 Å². The number of hydrogen-bond donors (Lipinski definition) is 1. The van der Waals surface area contributed by atoms with Crippen LogP contribution in [0.25, 0.3) is 0 Å². The van der Waals surface area contributed by atoms with Crippen molar-refractivity contribution in [3.8, 4) is 0 Å². The highest BCUT2D eigenvalue weighted by molar-refractivity contribution is 7.99. The number of nitrogens with one attached hydrogen (secondary N) is 1. The molecule has 6 heteroatoms. The van der Waals surface area contributed by atoms with Gasteiger partial charge in [-0.3, -0.25) is 4.79 Å². The third-order valence-electron chi connectivity index (χ3n) is 3.34. The van der Waals surface area contributed by atoms with Crippen LogP contribution in [0.2, 0.25) is 5.02 Å². The molecule has 0 radical (unpaired) electrons. The van der Waals surface area contributed by atoms with Crippen LogP contribution in [0.15, 0.2) is 58.3 Å². The van der Waals surface area contributed by atoms with E-state index >= 15 is 0 Å². The summed E-state index contributed by atoms with van der Waals surface area (Å²) in [4.78, 5) is 14.2. The topological polar surface area (TPSA) is 47.6 Å². The molecule has 0 aliphatic heterocycles. The summed E-state index contributed by atoms with van der Waals surface area (Å²) < 4.78 is 10.6. The average Bonchev–Trinajstić information content (AvgIpc) is 2.61. The van der Waals surface area contributed by atoms with Gasteiger partial charge in [0, 0.05) is 22.1 Å². The average molecular weight is 380 g/mol. The summed E-state index contributed by atoms with van der Waals surface area (Å²) in [6.07, 6.45) is -0.558. The highest BCUT2D eigenvalue weighted by Gasteiger charge is 2.14. The summed E-state index contributed by atoms with van der Waals surface area (Å²) in [6.45, 7) is 5.12. The minimum absolute atomic E-state index is 0.212. The van der Waals surface area contributed by atoms with Crippen LogP contribution >= 0.6 is 23.4 Å². The molecule has 0 bridgehead atoms. The van der Waals surface area contributed by atoms with Crippen molar-refractivity contribution in [1.82, 2.24) is 0 Å². The molecule has 1 amide bonds. The summed E-state index contributed by atoms with van der Waals surface area (Å²) in [7, 11) is 0. The van der Waals surface area contributed by atoms with Crippen LogP contribution in [0.4, 0.5) is 5.69 Å². The Balaban J connectivity index is 1.90. The van der Waals surface area contributed by atoms with Gasteiger partial charge >= 0.3 is 0 Å². The monoisotopic (exact) mass is 379 g/mol. The van der Waals surface area contributed by atoms with Crippen molar-refractivity contribution in [2.45, 2.75) is 29.7 Å². The zero-order chi connectivity index (χ0) is 18.1. The van der Waals surface area contributed by atoms with Gasteiger partial charge in [-0.2, -0.15) is 0 Å². The first kappa shape index (κ1) is 19.8. The van der Waals surface area contributed by atoms with Crippen molar-refractivity contribution in [3.05, 3.63) is 53.6 Å². The van der Waals surface area contributed by atoms with E-state index in [4.69, 9.17) is 21.1 Å². The Hall–Kier alpha value is -1.53. The molecule has 134 valence electrons. The highest BCUT2D eigenvalue weighted by atomic mass is 35.5. The van der Waals surface area contributed by atoms with Gasteiger partial charge in [0.15, 0.2) is 0 Å². The number of anilines is 1. The largest absolute Gasteiger partial charge is 0.379 e. The van der Waals surface area contributed by atoms with Crippen LogP contribution in [-0.2, 0) is 14.3 Å². The van der Waals surface area contributed by atoms with Crippen molar-refractivity contribution < 1.29 is 14.3 Å². The van der Waals surface area contributed by atoms with E-state index in [-0.39, 0.29) is 5.91 Å². The standard InChI is InChI=1S/C19H22ClNO3S/c1-3-23-11-12-24-14(2)19(22)21-15-9-10-18(17(20)13-15)25-16-7-5-4-6-8-16/h4-10,13-14H,3,11-12H2,1-2H3,(H,21,22). The van der Waals surface area contributed by atoms with Crippen molar-refractivity contribution in [3.63, 3.8) is 0 Å². The van der Waals surface area contributed by atoms with Crippen LogP contribution in [0, 0.1) is 0 Å². The first-order valence-electron chi connectivity index (χ1n) is 8.12. The predicted octanol–water partition coefficient (Wildman–Crippen LogP) is 4.87. The smallest absolute Gasteiger partial charge is 0.253 e. The van der Waals surface area contributed by atoms with Gasteiger partial charge in [-0.1, -0.05) is 41.6 Å². The molecule has 2 rings (SSSR count). The fourth-order valence-corrected chi connectivity index (χ4v) is 3.16. The van der Waals surface area contributed by atoms with Gasteiger partial charge in [-0.05, 0) is 44.2 Å². The molecule has 25 heavy (non-hydrogen) atoms. The van der Waals surface area contributed by atoms with E-state index in [9.17, 15) is 4.79 Å². The second kappa shape index (κ2) is 10.5. The predicted molar refractivity (Wildman–Crippen MR) is 103 cm³/mol. The molecule has 2 aromatic rings. The first-order chi connectivity index (χ1) is 12.1. The summed E-state index contributed by atoms with van der Waals surface area (Å²) in [5, 5.41) is 3.41. The molecular formula is C19H22ClNO3S. The van der Waals surface area contributed by atoms with Crippen molar-refractivity contribution in [2.75, 3.05) is 25.1 Å². The number of carbonyl (C=O) groups excluding carboxylic acids is 1. The maximum absolute atomic E-state index is 12.1. The Bertz CT molecular complexity index is 682. The molecule has 0 heterocycles. The van der Waals surface area contributed by atoms with Crippen LogP contribution in [0.3, 0.4) is 0 Å². The van der Waals surface area contributed by atoms with Gasteiger partial charge < -0.3 is 14.8 Å². The molecule has 0 saturated carbocycles. The molecule has 0 aromatic heterocycles. The van der Waals surface area contributed by atoms with Crippen molar-refractivity contribution in [2.24, 2.45) is 0 Å². The third kappa shape index (κ3) is 6.71. The number of rotatable bonds is 9. The van der Waals surface area contributed by atoms with Crippen LogP contribution in [-0.4, -0.2) is 31.8 Å². The number of halogens is 1. The number of ether oxygens (including phenoxy) is 2. The lowest BCUT2D eigenvalue weighted by Gasteiger charge is -2.14. The SMILES string of the molecule is CCOCCOC(C)C(=O)Nc1ccc(Sc2ccccc2)c(Cl)c1. The molecule has 0 spiro atoms. The lowest BCUT2D eigenvalue weighted by Crippen LogP contribution is -2.28. The quantitative estimate of drug-likeness (QED) is 0.631. The summed E-state index contributed by atoms with van der Waals surface area (Å²) in [5.41, 5.74) is 0.646. The molecule has 2 aromatic carbocycles. The minimum Gasteiger partial charge on any atom is -0.379 e. The van der Waals surface area contributed by atoms with Gasteiger partial charge in [0.25, 0.3) is 5.91 Å². The Morgan fingerprint density at radius 1 is 1.20 bits per heavy atom. The van der Waals surface area contributed by atoms with E-state index in [0.717, 1.165) is 9.79 Å². The normalized spacial score (nSPS) is 12.0. The second-order valence-electron chi connectivity index (χ2n) is 5.26. The van der Waals surface area contributed by atoms with E-state index in [1.165, 1.54) is 0 Å². The van der Waals surface area contributed by atoms with Crippen LogP contribution in [0.5, 0.6) is 0 Å². The summed E-state index contributed by atoms with van der Waals surface area (Å²) in [6, 6.07) is 15.5. The zero-order valence-corrected chi connectivity index (χ0v) is 15.9. The maximum atomic E-state index is 12.1. The molecule has 1 atom stereocenters. The second-order valence-corrected chi connectivity index (χ2v) is 6.78. The van der Waals surface area contributed by atoms with E-state index < -0.39 is 6.10 Å². The summed E-state index contributed by atoms with van der Waals surface area (Å²) in [5.74, 6) is -0.212. The van der Waals surface area contributed by atoms with E-state index in [1.807, 2.05) is 49.4 Å². The molecule has 0 aliphatic carbocycles. The Morgan fingerprint density at radius 2 is 1.96 bits per heavy atom. The van der Waals surface area contributed by atoms with Crippen molar-refractivity contribution in [1.29, 1.82) is 0 Å². The number of carbonyl (C=O) groups is 1. The lowest BCUT2D eigenvalue weighted by atomic mass is 10.3. The molecule has 1 unspecified atom stereocenters. The number of hydrogen-bond acceptors (Lipinski definition) is 4. The third-order valence-corrected chi connectivity index (χ3v) is 4.85. The molecule has 0 saturated heterocycles. The first-order valence-corrected chi connectivity index (χ1v) is 9.32. The van der Waals surface area contributed by atoms with E-state index in [1.54, 1.807) is 24.8 Å². The number of benzene rings is 2. The molecule has 0 fully saturated rings. The van der Waals surface area contributed by atoms with E-state index in [0.29, 0.717) is 30.5 Å². The summed E-state index contributed by atoms with van der Waals surface area (Å²) >= 11 is 7.92. The Kier molecular flexibility index (Phi) is 8.28. The molecule has 4 nitrogen and oxygen atoms in total. The fourth-order valence-electron chi connectivity index (χ4n) is 2.02. The Labute approximate surface area is 157 Å². The zero-order valence-electron chi connectivity index (χ0n) is 14.3. The molecular weight excluding hydrogens is 358 g/mol. The van der Waals surface area contributed by atoms with Gasteiger partial charge in [-0.15, -0.1) is 0 Å². The van der Waals surface area contributed by atoms with Gasteiger partial charge in [-0.25, -0.2) is 0 Å². The number of amides is 1. The Morgan fingerprint density at radius 3 is 2.64 bits per heavy atom. The fraction of sp³-hybridized carbons (Fsp3) is 0.316. The van der Waals surface area contributed by atoms with Crippen molar-refractivity contribution >= 4 is 35.0 Å². The van der Waals surface area contributed by atoms with Crippen LogP contribution < -0.4 is 5.32 Å². The lowest BCUT2D eigenvalue weighted by molar-refractivity contribution is -0.127. The maximum Gasteiger partial charge on any atom is 0.253 e. The van der Waals surface area contributed by atoms with E-state index in [2.05, 4.69) is 5.32 Å².